The molecular formula is C21H24N4O3. The maximum absolute atomic E-state index is 11.2. The van der Waals surface area contributed by atoms with Crippen LogP contribution in [0.15, 0.2) is 47.1 Å². The van der Waals surface area contributed by atoms with Crippen molar-refractivity contribution in [3.05, 3.63) is 48.0 Å². The highest BCUT2D eigenvalue weighted by Crippen LogP contribution is 2.44. The fraction of sp³-hybridized carbons (Fsp3) is 0.429. The summed E-state index contributed by atoms with van der Waals surface area (Å²) in [4.78, 5) is 4.74. The van der Waals surface area contributed by atoms with Gasteiger partial charge in [0.1, 0.15) is 28.5 Å². The number of piperazine rings is 1. The third kappa shape index (κ3) is 2.82. The van der Waals surface area contributed by atoms with Crippen LogP contribution in [0.2, 0.25) is 0 Å². The van der Waals surface area contributed by atoms with Crippen molar-refractivity contribution in [1.82, 2.24) is 15.2 Å². The Balaban J connectivity index is 1.46. The molecule has 2 aliphatic heterocycles. The smallest absolute Gasteiger partial charge is 0.138 e. The lowest BCUT2D eigenvalue weighted by atomic mass is 9.85. The van der Waals surface area contributed by atoms with E-state index in [9.17, 15) is 5.11 Å². The molecule has 0 saturated carbocycles. The Hall–Kier alpha value is -2.64. The topological polar surface area (TPSA) is 74.9 Å². The predicted molar refractivity (Wildman–Crippen MR) is 105 cm³/mol. The largest absolute Gasteiger partial charge is 0.485 e. The molecule has 146 valence electrons. The normalized spacial score (nSPS) is 24.8. The second kappa shape index (κ2) is 6.46. The molecular weight excluding hydrogens is 356 g/mol. The summed E-state index contributed by atoms with van der Waals surface area (Å²) in [5.74, 6) is 0.744. The maximum Gasteiger partial charge on any atom is 0.138 e. The molecule has 2 unspecified atom stereocenters. The molecule has 2 atom stereocenters. The summed E-state index contributed by atoms with van der Waals surface area (Å²) in [6, 6.07) is 14.1. The van der Waals surface area contributed by atoms with E-state index in [0.717, 1.165) is 37.5 Å². The lowest BCUT2D eigenvalue weighted by molar-refractivity contribution is -0.0940. The molecule has 3 heterocycles. The van der Waals surface area contributed by atoms with Crippen LogP contribution in [0.1, 0.15) is 25.5 Å². The number of fused-ring (bicyclic) bond motifs is 2. The minimum atomic E-state index is -0.695. The Morgan fingerprint density at radius 1 is 1.00 bits per heavy atom. The summed E-state index contributed by atoms with van der Waals surface area (Å²) in [6.07, 6.45) is -0.652. The fourth-order valence-electron chi connectivity index (χ4n) is 4.34. The standard InChI is InChI=1S/C21H24N4O3/c1-21(2)20(26)19(15-12-16-17(23-28-22-16)13-18(15)27-21)25-10-8-24(9-11-25)14-6-4-3-5-7-14/h3-7,12-13,19-20,26H,8-11H2,1-2H3. The molecule has 1 N–H and O–H groups in total. The van der Waals surface area contributed by atoms with Crippen molar-refractivity contribution in [2.45, 2.75) is 31.6 Å². The van der Waals surface area contributed by atoms with Crippen molar-refractivity contribution >= 4 is 16.7 Å². The number of aliphatic hydroxyl groups excluding tert-OH is 1. The first-order valence-electron chi connectivity index (χ1n) is 9.70. The van der Waals surface area contributed by atoms with E-state index in [1.807, 2.05) is 32.0 Å². The number of hydrogen-bond acceptors (Lipinski definition) is 7. The van der Waals surface area contributed by atoms with E-state index in [-0.39, 0.29) is 6.04 Å². The Labute approximate surface area is 163 Å². The van der Waals surface area contributed by atoms with Crippen LogP contribution in [0.25, 0.3) is 11.0 Å². The minimum Gasteiger partial charge on any atom is -0.485 e. The molecule has 5 rings (SSSR count). The van der Waals surface area contributed by atoms with Gasteiger partial charge < -0.3 is 14.7 Å². The zero-order valence-corrected chi connectivity index (χ0v) is 16.1. The van der Waals surface area contributed by atoms with E-state index in [2.05, 4.69) is 44.4 Å². The summed E-state index contributed by atoms with van der Waals surface area (Å²) in [5.41, 5.74) is 2.84. The molecule has 1 fully saturated rings. The molecule has 0 bridgehead atoms. The van der Waals surface area contributed by atoms with Gasteiger partial charge in [-0.25, -0.2) is 4.63 Å². The highest BCUT2D eigenvalue weighted by molar-refractivity contribution is 5.77. The molecule has 3 aromatic rings. The number of aliphatic hydroxyl groups is 1. The van der Waals surface area contributed by atoms with Gasteiger partial charge in [0.15, 0.2) is 0 Å². The van der Waals surface area contributed by atoms with Gasteiger partial charge in [0, 0.05) is 43.5 Å². The molecule has 7 nitrogen and oxygen atoms in total. The molecule has 2 aromatic carbocycles. The van der Waals surface area contributed by atoms with Crippen molar-refractivity contribution in [3.8, 4) is 5.75 Å². The second-order valence-electron chi connectivity index (χ2n) is 8.10. The maximum atomic E-state index is 11.2. The van der Waals surface area contributed by atoms with Crippen LogP contribution in [0, 0.1) is 0 Å². The number of benzene rings is 2. The molecule has 0 spiro atoms. The van der Waals surface area contributed by atoms with E-state index in [1.54, 1.807) is 0 Å². The van der Waals surface area contributed by atoms with Gasteiger partial charge in [-0.1, -0.05) is 18.2 Å². The van der Waals surface area contributed by atoms with Crippen LogP contribution in [0.3, 0.4) is 0 Å². The first-order valence-corrected chi connectivity index (χ1v) is 9.70. The fourth-order valence-corrected chi connectivity index (χ4v) is 4.34. The third-order valence-corrected chi connectivity index (χ3v) is 5.92. The Bertz CT molecular complexity index is 980. The van der Waals surface area contributed by atoms with Crippen molar-refractivity contribution < 1.29 is 14.5 Å². The van der Waals surface area contributed by atoms with Crippen LogP contribution < -0.4 is 9.64 Å². The van der Waals surface area contributed by atoms with Gasteiger partial charge in [-0.15, -0.1) is 0 Å². The molecule has 2 aliphatic rings. The van der Waals surface area contributed by atoms with Gasteiger partial charge in [-0.2, -0.15) is 0 Å². The molecule has 1 saturated heterocycles. The zero-order valence-electron chi connectivity index (χ0n) is 16.1. The van der Waals surface area contributed by atoms with Gasteiger partial charge in [0.05, 0.1) is 6.04 Å². The van der Waals surface area contributed by atoms with E-state index in [1.165, 1.54) is 5.69 Å². The van der Waals surface area contributed by atoms with E-state index in [4.69, 9.17) is 9.37 Å². The van der Waals surface area contributed by atoms with Crippen molar-refractivity contribution in [2.24, 2.45) is 0 Å². The zero-order chi connectivity index (χ0) is 19.3. The van der Waals surface area contributed by atoms with Crippen molar-refractivity contribution in [1.29, 1.82) is 0 Å². The van der Waals surface area contributed by atoms with Crippen LogP contribution >= 0.6 is 0 Å². The van der Waals surface area contributed by atoms with Gasteiger partial charge in [-0.3, -0.25) is 4.90 Å². The highest BCUT2D eigenvalue weighted by Gasteiger charge is 2.46. The number of nitrogens with zero attached hydrogens (tertiary/aromatic N) is 4. The van der Waals surface area contributed by atoms with Gasteiger partial charge in [-0.05, 0) is 42.4 Å². The Kier molecular flexibility index (Phi) is 4.03. The van der Waals surface area contributed by atoms with Gasteiger partial charge in [0.25, 0.3) is 0 Å². The highest BCUT2D eigenvalue weighted by atomic mass is 16.6. The van der Waals surface area contributed by atoms with Crippen molar-refractivity contribution in [3.63, 3.8) is 0 Å². The average Bonchev–Trinajstić information content (AvgIpc) is 3.16. The summed E-state index contributed by atoms with van der Waals surface area (Å²) in [7, 11) is 0. The number of anilines is 1. The first kappa shape index (κ1) is 17.5. The third-order valence-electron chi connectivity index (χ3n) is 5.92. The van der Waals surface area contributed by atoms with Crippen LogP contribution in [-0.4, -0.2) is 58.2 Å². The Morgan fingerprint density at radius 3 is 2.39 bits per heavy atom. The SMILES string of the molecule is CC1(C)Oc2cc3nonc3cc2C(N2CCN(c3ccccc3)CC2)C1O. The van der Waals surface area contributed by atoms with Crippen molar-refractivity contribution in [2.75, 3.05) is 31.1 Å². The van der Waals surface area contributed by atoms with E-state index < -0.39 is 11.7 Å². The number of rotatable bonds is 2. The number of aromatic nitrogens is 2. The lowest BCUT2D eigenvalue weighted by Gasteiger charge is -2.48. The average molecular weight is 380 g/mol. The number of hydrogen-bond donors (Lipinski definition) is 1. The number of para-hydroxylation sites is 1. The van der Waals surface area contributed by atoms with E-state index >= 15 is 0 Å². The quantitative estimate of drug-likeness (QED) is 0.732. The van der Waals surface area contributed by atoms with Crippen LogP contribution in [-0.2, 0) is 0 Å². The summed E-state index contributed by atoms with van der Waals surface area (Å²) >= 11 is 0. The minimum absolute atomic E-state index is 0.155. The predicted octanol–water partition coefficient (Wildman–Crippen LogP) is 2.62. The monoisotopic (exact) mass is 380 g/mol. The Morgan fingerprint density at radius 2 is 1.68 bits per heavy atom. The molecule has 28 heavy (non-hydrogen) atoms. The summed E-state index contributed by atoms with van der Waals surface area (Å²) in [5, 5.41) is 19.1. The van der Waals surface area contributed by atoms with Crippen LogP contribution in [0.4, 0.5) is 5.69 Å². The number of ether oxygens (including phenoxy) is 1. The summed E-state index contributed by atoms with van der Waals surface area (Å²) < 4.78 is 11.0. The summed E-state index contributed by atoms with van der Waals surface area (Å²) in [6.45, 7) is 7.41. The second-order valence-corrected chi connectivity index (χ2v) is 8.10. The molecule has 7 heteroatoms. The van der Waals surface area contributed by atoms with Gasteiger partial charge in [0.2, 0.25) is 0 Å². The van der Waals surface area contributed by atoms with E-state index in [0.29, 0.717) is 11.0 Å². The molecule has 1 aromatic heterocycles. The molecule has 0 aliphatic carbocycles. The molecule has 0 amide bonds. The van der Waals surface area contributed by atoms with Crippen LogP contribution in [0.5, 0.6) is 5.75 Å². The molecule has 0 radical (unpaired) electrons. The lowest BCUT2D eigenvalue weighted by Crippen LogP contribution is -2.57. The first-order chi connectivity index (χ1) is 13.5. The van der Waals surface area contributed by atoms with Gasteiger partial charge >= 0.3 is 0 Å².